The third-order valence-corrected chi connectivity index (χ3v) is 6.14. The molecular weight excluding hydrogens is 406 g/mol. The molecule has 1 aliphatic heterocycles. The van der Waals surface area contributed by atoms with Gasteiger partial charge in [0.05, 0.1) is 30.0 Å². The summed E-state index contributed by atoms with van der Waals surface area (Å²) in [7, 11) is 0. The predicted octanol–water partition coefficient (Wildman–Crippen LogP) is 5.83. The van der Waals surface area contributed by atoms with E-state index in [0.29, 0.717) is 35.0 Å². The van der Waals surface area contributed by atoms with Crippen LogP contribution in [0.25, 0.3) is 0 Å². The van der Waals surface area contributed by atoms with Crippen molar-refractivity contribution in [3.05, 3.63) is 88.4 Å². The van der Waals surface area contributed by atoms with E-state index in [0.717, 1.165) is 15.4 Å². The molecule has 0 aliphatic carbocycles. The Kier molecular flexibility index (Phi) is 5.60. The van der Waals surface area contributed by atoms with Crippen molar-refractivity contribution >= 4 is 40.9 Å². The van der Waals surface area contributed by atoms with E-state index >= 15 is 0 Å². The molecule has 0 radical (unpaired) electrons. The first-order chi connectivity index (χ1) is 14.1. The van der Waals surface area contributed by atoms with Gasteiger partial charge in [-0.15, -0.1) is 0 Å². The fraction of sp³-hybridized carbons (Fsp3) is 0.130. The topological polar surface area (TPSA) is 46.6 Å². The van der Waals surface area contributed by atoms with Crippen LogP contribution in [-0.2, 0) is 11.3 Å². The molecule has 1 amide bonds. The van der Waals surface area contributed by atoms with Gasteiger partial charge >= 0.3 is 5.97 Å². The van der Waals surface area contributed by atoms with Crippen molar-refractivity contribution in [2.75, 3.05) is 11.5 Å². The fourth-order valence-corrected chi connectivity index (χ4v) is 4.47. The van der Waals surface area contributed by atoms with E-state index < -0.39 is 5.97 Å². The van der Waals surface area contributed by atoms with Gasteiger partial charge in [0.2, 0.25) is 0 Å². The molecule has 29 heavy (non-hydrogen) atoms. The highest BCUT2D eigenvalue weighted by Gasteiger charge is 2.28. The largest absolute Gasteiger partial charge is 0.462 e. The molecule has 0 fully saturated rings. The maximum absolute atomic E-state index is 13.5. The molecule has 0 atom stereocenters. The number of carbonyl (C=O) groups is 2. The number of benzene rings is 3. The highest BCUT2D eigenvalue weighted by molar-refractivity contribution is 7.99. The summed E-state index contributed by atoms with van der Waals surface area (Å²) in [4.78, 5) is 29.2. The lowest BCUT2D eigenvalue weighted by Crippen LogP contribution is -2.30. The number of esters is 1. The van der Waals surface area contributed by atoms with Crippen molar-refractivity contribution in [3.8, 4) is 0 Å². The Labute approximate surface area is 178 Å². The standard InChI is InChI=1S/C23H18ClNO3S/c1-2-28-23(27)15-11-12-21-19(13-15)25(14-16-7-3-5-9-18(16)24)22(26)17-8-4-6-10-20(17)29-21/h3-13H,2,14H2,1H3. The van der Waals surface area contributed by atoms with Gasteiger partial charge in [-0.3, -0.25) is 4.79 Å². The summed E-state index contributed by atoms with van der Waals surface area (Å²) in [6.07, 6.45) is 0. The second-order valence-electron chi connectivity index (χ2n) is 6.48. The van der Waals surface area contributed by atoms with Crippen LogP contribution < -0.4 is 4.90 Å². The van der Waals surface area contributed by atoms with Gasteiger partial charge in [-0.25, -0.2) is 4.79 Å². The Morgan fingerprint density at radius 1 is 1.03 bits per heavy atom. The number of ether oxygens (including phenoxy) is 1. The molecule has 3 aromatic rings. The normalized spacial score (nSPS) is 12.8. The van der Waals surface area contributed by atoms with Crippen LogP contribution >= 0.6 is 23.4 Å². The molecule has 1 aliphatic rings. The molecule has 4 nitrogen and oxygen atoms in total. The van der Waals surface area contributed by atoms with E-state index in [1.54, 1.807) is 30.0 Å². The van der Waals surface area contributed by atoms with Crippen LogP contribution in [-0.4, -0.2) is 18.5 Å². The summed E-state index contributed by atoms with van der Waals surface area (Å²) in [5, 5.41) is 0.591. The van der Waals surface area contributed by atoms with E-state index in [1.165, 1.54) is 11.8 Å². The minimum Gasteiger partial charge on any atom is -0.462 e. The molecule has 0 bridgehead atoms. The van der Waals surface area contributed by atoms with Gasteiger partial charge in [0.15, 0.2) is 0 Å². The van der Waals surface area contributed by atoms with Crippen LogP contribution in [0, 0.1) is 0 Å². The molecule has 6 heteroatoms. The van der Waals surface area contributed by atoms with Crippen LogP contribution in [0.4, 0.5) is 5.69 Å². The van der Waals surface area contributed by atoms with Crippen molar-refractivity contribution in [2.45, 2.75) is 23.3 Å². The molecule has 4 rings (SSSR count). The average Bonchev–Trinajstić information content (AvgIpc) is 2.84. The zero-order chi connectivity index (χ0) is 20.4. The van der Waals surface area contributed by atoms with Crippen molar-refractivity contribution in [1.29, 1.82) is 0 Å². The van der Waals surface area contributed by atoms with Crippen molar-refractivity contribution in [2.24, 2.45) is 0 Å². The van der Waals surface area contributed by atoms with E-state index in [-0.39, 0.29) is 5.91 Å². The van der Waals surface area contributed by atoms with Gasteiger partial charge in [0.1, 0.15) is 0 Å². The second-order valence-corrected chi connectivity index (χ2v) is 7.97. The maximum atomic E-state index is 13.5. The monoisotopic (exact) mass is 423 g/mol. The number of carbonyl (C=O) groups excluding carboxylic acids is 2. The molecule has 0 unspecified atom stereocenters. The van der Waals surface area contributed by atoms with Gasteiger partial charge < -0.3 is 9.64 Å². The summed E-state index contributed by atoms with van der Waals surface area (Å²) >= 11 is 7.88. The van der Waals surface area contributed by atoms with Gasteiger partial charge in [0, 0.05) is 14.8 Å². The minimum atomic E-state index is -0.410. The molecule has 0 saturated carbocycles. The van der Waals surface area contributed by atoms with Gasteiger partial charge in [0.25, 0.3) is 5.91 Å². The van der Waals surface area contributed by atoms with Crippen LogP contribution in [0.15, 0.2) is 76.5 Å². The summed E-state index contributed by atoms with van der Waals surface area (Å²) in [5.41, 5.74) is 2.54. The van der Waals surface area contributed by atoms with Crippen LogP contribution in [0.2, 0.25) is 5.02 Å². The first-order valence-electron chi connectivity index (χ1n) is 9.22. The Morgan fingerprint density at radius 3 is 2.59 bits per heavy atom. The third-order valence-electron chi connectivity index (χ3n) is 4.63. The Hall–Kier alpha value is -2.76. The zero-order valence-corrected chi connectivity index (χ0v) is 17.3. The Morgan fingerprint density at radius 2 is 1.79 bits per heavy atom. The number of rotatable bonds is 4. The van der Waals surface area contributed by atoms with Crippen LogP contribution in [0.5, 0.6) is 0 Å². The first kappa shape index (κ1) is 19.6. The van der Waals surface area contributed by atoms with E-state index in [9.17, 15) is 9.59 Å². The van der Waals surface area contributed by atoms with Crippen molar-refractivity contribution in [1.82, 2.24) is 0 Å². The number of nitrogens with zero attached hydrogens (tertiary/aromatic N) is 1. The summed E-state index contributed by atoms with van der Waals surface area (Å²) < 4.78 is 5.14. The quantitative estimate of drug-likeness (QED) is 0.495. The Balaban J connectivity index is 1.85. The zero-order valence-electron chi connectivity index (χ0n) is 15.7. The summed E-state index contributed by atoms with van der Waals surface area (Å²) in [6, 6.07) is 20.3. The molecule has 3 aromatic carbocycles. The SMILES string of the molecule is CCOC(=O)c1ccc2c(c1)N(Cc1ccccc1Cl)C(=O)c1ccccc1S2. The molecule has 146 valence electrons. The number of hydrogen-bond donors (Lipinski definition) is 0. The molecule has 0 aromatic heterocycles. The lowest BCUT2D eigenvalue weighted by molar-refractivity contribution is 0.0526. The van der Waals surface area contributed by atoms with E-state index in [1.807, 2.05) is 48.5 Å². The van der Waals surface area contributed by atoms with Crippen LogP contribution in [0.1, 0.15) is 33.2 Å². The highest BCUT2D eigenvalue weighted by Crippen LogP contribution is 2.42. The predicted molar refractivity (Wildman–Crippen MR) is 115 cm³/mol. The second kappa shape index (κ2) is 8.31. The molecule has 0 N–H and O–H groups in total. The smallest absolute Gasteiger partial charge is 0.338 e. The number of anilines is 1. The van der Waals surface area contributed by atoms with Gasteiger partial charge in [-0.2, -0.15) is 0 Å². The molecule has 0 saturated heterocycles. The first-order valence-corrected chi connectivity index (χ1v) is 10.4. The average molecular weight is 424 g/mol. The lowest BCUT2D eigenvalue weighted by Gasteiger charge is -2.24. The van der Waals surface area contributed by atoms with Crippen molar-refractivity contribution < 1.29 is 14.3 Å². The third kappa shape index (κ3) is 3.88. The van der Waals surface area contributed by atoms with Crippen molar-refractivity contribution in [3.63, 3.8) is 0 Å². The van der Waals surface area contributed by atoms with Gasteiger partial charge in [-0.05, 0) is 48.9 Å². The Bertz CT molecular complexity index is 1100. The molecule has 1 heterocycles. The van der Waals surface area contributed by atoms with E-state index in [2.05, 4.69) is 0 Å². The van der Waals surface area contributed by atoms with E-state index in [4.69, 9.17) is 16.3 Å². The molecule has 0 spiro atoms. The fourth-order valence-electron chi connectivity index (χ4n) is 3.22. The highest BCUT2D eigenvalue weighted by atomic mass is 35.5. The van der Waals surface area contributed by atoms with Gasteiger partial charge in [-0.1, -0.05) is 53.7 Å². The summed E-state index contributed by atoms with van der Waals surface area (Å²) in [6.45, 7) is 2.35. The number of halogens is 1. The lowest BCUT2D eigenvalue weighted by atomic mass is 10.1. The number of amides is 1. The summed E-state index contributed by atoms with van der Waals surface area (Å²) in [5.74, 6) is -0.542. The minimum absolute atomic E-state index is 0.132. The maximum Gasteiger partial charge on any atom is 0.338 e. The molecular formula is C23H18ClNO3S. The number of fused-ring (bicyclic) bond motifs is 2. The number of hydrogen-bond acceptors (Lipinski definition) is 4. The van der Waals surface area contributed by atoms with Crippen LogP contribution in [0.3, 0.4) is 0 Å².